The van der Waals surface area contributed by atoms with E-state index in [1.807, 2.05) is 11.8 Å². The van der Waals surface area contributed by atoms with Crippen molar-refractivity contribution in [1.82, 2.24) is 4.90 Å². The fourth-order valence-corrected chi connectivity index (χ4v) is 2.63. The molecule has 5 N–H and O–H groups in total. The number of primary amides is 1. The monoisotopic (exact) mass is 312 g/mol. The summed E-state index contributed by atoms with van der Waals surface area (Å²) in [5.41, 5.74) is 11.8. The molecule has 0 bridgehead atoms. The van der Waals surface area contributed by atoms with E-state index in [1.165, 1.54) is 0 Å². The van der Waals surface area contributed by atoms with Gasteiger partial charge < -0.3 is 21.7 Å². The molecule has 0 aliphatic carbocycles. The summed E-state index contributed by atoms with van der Waals surface area (Å²) in [4.78, 5) is 25.2. The van der Waals surface area contributed by atoms with Crippen LogP contribution in [0.4, 0.5) is 10.5 Å². The molecular weight excluding hydrogens is 292 g/mol. The van der Waals surface area contributed by atoms with E-state index in [-0.39, 0.29) is 24.4 Å². The summed E-state index contributed by atoms with van der Waals surface area (Å²) in [7, 11) is 0. The van der Waals surface area contributed by atoms with Crippen LogP contribution in [-0.4, -0.2) is 36.0 Å². The minimum Gasteiger partial charge on any atom is -0.351 e. The minimum absolute atomic E-state index is 0. The van der Waals surface area contributed by atoms with Crippen LogP contribution >= 0.6 is 12.4 Å². The van der Waals surface area contributed by atoms with Crippen LogP contribution in [0.2, 0.25) is 0 Å². The number of nitrogens with zero attached hydrogens (tertiary/aromatic N) is 1. The molecule has 0 radical (unpaired) electrons. The van der Waals surface area contributed by atoms with Gasteiger partial charge in [0.15, 0.2) is 0 Å². The molecular formula is C14H21ClN4O2. The predicted molar refractivity (Wildman–Crippen MR) is 84.6 cm³/mol. The first-order valence-corrected chi connectivity index (χ1v) is 6.68. The van der Waals surface area contributed by atoms with Gasteiger partial charge in [-0.1, -0.05) is 6.07 Å². The van der Waals surface area contributed by atoms with Crippen LogP contribution in [0.15, 0.2) is 24.3 Å². The molecule has 21 heavy (non-hydrogen) atoms. The van der Waals surface area contributed by atoms with Gasteiger partial charge in [-0.15, -0.1) is 12.4 Å². The van der Waals surface area contributed by atoms with Crippen molar-refractivity contribution in [3.63, 3.8) is 0 Å². The molecule has 1 aliphatic heterocycles. The maximum atomic E-state index is 12.5. The summed E-state index contributed by atoms with van der Waals surface area (Å²) in [6.07, 6.45) is 0.932. The normalized spacial score (nSPS) is 20.8. The van der Waals surface area contributed by atoms with Gasteiger partial charge in [0.05, 0.1) is 0 Å². The molecule has 1 aliphatic rings. The number of benzene rings is 1. The third-order valence-corrected chi connectivity index (χ3v) is 3.63. The average molecular weight is 313 g/mol. The maximum absolute atomic E-state index is 12.5. The maximum Gasteiger partial charge on any atom is 0.316 e. The number of amides is 3. The molecule has 1 fully saturated rings. The van der Waals surface area contributed by atoms with Crippen molar-refractivity contribution >= 4 is 30.0 Å². The van der Waals surface area contributed by atoms with Gasteiger partial charge in [-0.05, 0) is 44.0 Å². The molecule has 2 unspecified atom stereocenters. The summed E-state index contributed by atoms with van der Waals surface area (Å²) in [6.45, 7) is 3.31. The van der Waals surface area contributed by atoms with Crippen LogP contribution in [0.25, 0.3) is 0 Å². The lowest BCUT2D eigenvalue weighted by Crippen LogP contribution is -2.34. The van der Waals surface area contributed by atoms with Crippen molar-refractivity contribution in [1.29, 1.82) is 0 Å². The lowest BCUT2D eigenvalue weighted by Gasteiger charge is -2.21. The van der Waals surface area contributed by atoms with Crippen molar-refractivity contribution in [2.24, 2.45) is 17.4 Å². The zero-order valence-corrected chi connectivity index (χ0v) is 12.7. The number of urea groups is 1. The van der Waals surface area contributed by atoms with Gasteiger partial charge in [0.1, 0.15) is 0 Å². The smallest absolute Gasteiger partial charge is 0.316 e. The molecule has 1 saturated heterocycles. The molecule has 116 valence electrons. The molecule has 6 nitrogen and oxygen atoms in total. The summed E-state index contributed by atoms with van der Waals surface area (Å²) < 4.78 is 0. The van der Waals surface area contributed by atoms with E-state index in [1.54, 1.807) is 24.3 Å². The van der Waals surface area contributed by atoms with Gasteiger partial charge >= 0.3 is 6.03 Å². The molecule has 0 aromatic heterocycles. The van der Waals surface area contributed by atoms with E-state index in [0.29, 0.717) is 30.3 Å². The Labute approximate surface area is 130 Å². The predicted octanol–water partition coefficient (Wildman–Crippen LogP) is 1.41. The first-order chi connectivity index (χ1) is 9.51. The molecule has 0 saturated carbocycles. The largest absolute Gasteiger partial charge is 0.351 e. The molecule has 0 spiro atoms. The quantitative estimate of drug-likeness (QED) is 0.786. The van der Waals surface area contributed by atoms with Crippen LogP contribution in [0.5, 0.6) is 0 Å². The molecule has 1 aromatic rings. The molecule has 1 aromatic carbocycles. The Morgan fingerprint density at radius 1 is 1.43 bits per heavy atom. The number of carbonyl (C=O) groups excluding carboxylic acids is 2. The summed E-state index contributed by atoms with van der Waals surface area (Å²) >= 11 is 0. The fourth-order valence-electron chi connectivity index (χ4n) is 2.63. The summed E-state index contributed by atoms with van der Waals surface area (Å²) in [6, 6.07) is 6.32. The Bertz CT molecular complexity index is 523. The Balaban J connectivity index is 0.00000220. The van der Waals surface area contributed by atoms with E-state index >= 15 is 0 Å². The second-order valence-electron chi connectivity index (χ2n) is 5.21. The van der Waals surface area contributed by atoms with E-state index in [2.05, 4.69) is 5.32 Å². The second kappa shape index (κ2) is 7.28. The third kappa shape index (κ3) is 4.09. The van der Waals surface area contributed by atoms with Crippen molar-refractivity contribution in [2.75, 3.05) is 18.4 Å². The number of halogens is 1. The Morgan fingerprint density at radius 3 is 2.71 bits per heavy atom. The zero-order valence-electron chi connectivity index (χ0n) is 11.9. The number of rotatable bonds is 3. The number of hydrogen-bond donors (Lipinski definition) is 3. The lowest BCUT2D eigenvalue weighted by atomic mass is 10.1. The lowest BCUT2D eigenvalue weighted by molar-refractivity contribution is 0.0743. The standard InChI is InChI=1S/C14H20N4O2.ClH/c1-9-5-10(7-15)8-18(9)13(19)11-3-2-4-12(6-11)17-14(16)20;/h2-4,6,9-10H,5,7-8,15H2,1H3,(H3,16,17,20);1H. The van der Waals surface area contributed by atoms with E-state index in [9.17, 15) is 9.59 Å². The summed E-state index contributed by atoms with van der Waals surface area (Å²) in [5.74, 6) is 0.322. The number of nitrogens with two attached hydrogens (primary N) is 2. The topological polar surface area (TPSA) is 101 Å². The van der Waals surface area contributed by atoms with E-state index in [0.717, 1.165) is 6.42 Å². The highest BCUT2D eigenvalue weighted by Crippen LogP contribution is 2.24. The fraction of sp³-hybridized carbons (Fsp3) is 0.429. The second-order valence-corrected chi connectivity index (χ2v) is 5.21. The van der Waals surface area contributed by atoms with Crippen molar-refractivity contribution in [2.45, 2.75) is 19.4 Å². The highest BCUT2D eigenvalue weighted by Gasteiger charge is 2.32. The van der Waals surface area contributed by atoms with Gasteiger partial charge in [-0.2, -0.15) is 0 Å². The van der Waals surface area contributed by atoms with Crippen molar-refractivity contribution < 1.29 is 9.59 Å². The molecule has 2 atom stereocenters. The molecule has 7 heteroatoms. The van der Waals surface area contributed by atoms with E-state index in [4.69, 9.17) is 11.5 Å². The van der Waals surface area contributed by atoms with Crippen molar-refractivity contribution in [3.05, 3.63) is 29.8 Å². The molecule has 2 rings (SSSR count). The number of carbonyl (C=O) groups is 2. The Hall–Kier alpha value is -1.79. The van der Waals surface area contributed by atoms with E-state index < -0.39 is 6.03 Å². The molecule has 1 heterocycles. The van der Waals surface area contributed by atoms with Crippen LogP contribution in [0, 0.1) is 5.92 Å². The highest BCUT2D eigenvalue weighted by molar-refractivity contribution is 5.97. The van der Waals surface area contributed by atoms with Crippen molar-refractivity contribution in [3.8, 4) is 0 Å². The zero-order chi connectivity index (χ0) is 14.7. The first kappa shape index (κ1) is 17.3. The number of likely N-dealkylation sites (tertiary alicyclic amines) is 1. The Kier molecular flexibility index (Phi) is 5.99. The van der Waals surface area contributed by atoms with Crippen LogP contribution in [0.3, 0.4) is 0 Å². The third-order valence-electron chi connectivity index (χ3n) is 3.63. The van der Waals surface area contributed by atoms with Gasteiger partial charge in [-0.3, -0.25) is 4.79 Å². The van der Waals surface area contributed by atoms with Crippen LogP contribution in [0.1, 0.15) is 23.7 Å². The average Bonchev–Trinajstić information content (AvgIpc) is 2.79. The van der Waals surface area contributed by atoms with Crippen LogP contribution < -0.4 is 16.8 Å². The number of hydrogen-bond acceptors (Lipinski definition) is 3. The highest BCUT2D eigenvalue weighted by atomic mass is 35.5. The number of anilines is 1. The van der Waals surface area contributed by atoms with Gasteiger partial charge in [0.25, 0.3) is 5.91 Å². The number of nitrogens with one attached hydrogen (secondary N) is 1. The van der Waals surface area contributed by atoms with Gasteiger partial charge in [0.2, 0.25) is 0 Å². The Morgan fingerprint density at radius 2 is 2.14 bits per heavy atom. The van der Waals surface area contributed by atoms with Gasteiger partial charge in [0, 0.05) is 23.8 Å². The summed E-state index contributed by atoms with van der Waals surface area (Å²) in [5, 5.41) is 2.47. The minimum atomic E-state index is -0.646. The first-order valence-electron chi connectivity index (χ1n) is 6.68. The van der Waals surface area contributed by atoms with Gasteiger partial charge in [-0.25, -0.2) is 4.79 Å². The SMILES string of the molecule is CC1CC(CN)CN1C(=O)c1cccc(NC(N)=O)c1.Cl. The van der Waals surface area contributed by atoms with Crippen LogP contribution in [-0.2, 0) is 0 Å². The molecule has 3 amide bonds.